The largest absolute Gasteiger partial charge is 0.494 e. The second kappa shape index (κ2) is 4.78. The van der Waals surface area contributed by atoms with Gasteiger partial charge in [0.25, 0.3) is 0 Å². The Hall–Kier alpha value is -1.02. The van der Waals surface area contributed by atoms with Crippen molar-refractivity contribution in [3.05, 3.63) is 29.8 Å². The molecule has 0 bridgehead atoms. The van der Waals surface area contributed by atoms with Gasteiger partial charge in [0, 0.05) is 6.42 Å². The summed E-state index contributed by atoms with van der Waals surface area (Å²) in [6.07, 6.45) is 0.996. The second-order valence-electron chi connectivity index (χ2n) is 2.64. The molecule has 0 saturated carbocycles. The van der Waals surface area contributed by atoms with E-state index in [0.29, 0.717) is 0 Å². The first-order chi connectivity index (χ1) is 5.88. The highest BCUT2D eigenvalue weighted by molar-refractivity contribution is 5.33. The van der Waals surface area contributed by atoms with Crippen LogP contribution in [0.25, 0.3) is 0 Å². The zero-order chi connectivity index (χ0) is 8.81. The van der Waals surface area contributed by atoms with E-state index < -0.39 is 0 Å². The Morgan fingerprint density at radius 3 is 2.75 bits per heavy atom. The highest BCUT2D eigenvalue weighted by Crippen LogP contribution is 2.17. The van der Waals surface area contributed by atoms with Crippen molar-refractivity contribution in [1.29, 1.82) is 0 Å². The van der Waals surface area contributed by atoms with Crippen LogP contribution in [0.15, 0.2) is 24.3 Å². The topological polar surface area (TPSA) is 36.9 Å². The molecule has 1 rings (SSSR count). The molecule has 0 fully saturated rings. The summed E-state index contributed by atoms with van der Waals surface area (Å²) < 4.78 is 5.46. The number of hydrogen-bond acceptors (Lipinski definition) is 1. The molecule has 12 heavy (non-hydrogen) atoms. The summed E-state index contributed by atoms with van der Waals surface area (Å²) in [5.74, 6) is 1.00. The third-order valence-electron chi connectivity index (χ3n) is 1.72. The number of quaternary nitrogens is 1. The molecule has 0 heterocycles. The predicted molar refractivity (Wildman–Crippen MR) is 49.1 cm³/mol. The van der Waals surface area contributed by atoms with Gasteiger partial charge in [0.1, 0.15) is 5.75 Å². The summed E-state index contributed by atoms with van der Waals surface area (Å²) in [4.78, 5) is 0. The first-order valence-corrected chi connectivity index (χ1v) is 4.38. The zero-order valence-electron chi connectivity index (χ0n) is 7.55. The van der Waals surface area contributed by atoms with Crippen molar-refractivity contribution in [2.45, 2.75) is 13.3 Å². The van der Waals surface area contributed by atoms with Gasteiger partial charge in [-0.05, 0) is 18.6 Å². The minimum Gasteiger partial charge on any atom is -0.494 e. The molecule has 3 N–H and O–H groups in total. The summed E-state index contributed by atoms with van der Waals surface area (Å²) in [5.41, 5.74) is 5.09. The Balaban J connectivity index is 2.77. The van der Waals surface area contributed by atoms with Crippen molar-refractivity contribution in [1.82, 2.24) is 0 Å². The van der Waals surface area contributed by atoms with Gasteiger partial charge in [-0.15, -0.1) is 0 Å². The lowest BCUT2D eigenvalue weighted by molar-refractivity contribution is -0.366. The van der Waals surface area contributed by atoms with Crippen LogP contribution in [0, 0.1) is 0 Å². The lowest BCUT2D eigenvalue weighted by Crippen LogP contribution is -2.51. The van der Waals surface area contributed by atoms with E-state index in [4.69, 9.17) is 4.74 Å². The van der Waals surface area contributed by atoms with Crippen LogP contribution >= 0.6 is 0 Å². The summed E-state index contributed by atoms with van der Waals surface area (Å²) in [6.45, 7) is 3.65. The first-order valence-electron chi connectivity index (χ1n) is 4.38. The number of para-hydroxylation sites is 1. The molecule has 0 unspecified atom stereocenters. The van der Waals surface area contributed by atoms with Crippen LogP contribution in [-0.4, -0.2) is 13.2 Å². The molecule has 0 aliphatic rings. The number of ether oxygens (including phenoxy) is 1. The average molecular weight is 166 g/mol. The standard InChI is InChI=1S/C10H15NO/c1-2-12-10-6-4-3-5-9(10)7-8-11/h3-6H,2,7-8,11H2,1H3/p+1. The average Bonchev–Trinajstić information content (AvgIpc) is 2.09. The van der Waals surface area contributed by atoms with Gasteiger partial charge >= 0.3 is 0 Å². The minimum atomic E-state index is 0.730. The molecule has 1 aromatic rings. The smallest absolute Gasteiger partial charge is 0.122 e. The van der Waals surface area contributed by atoms with Crippen LogP contribution in [0.5, 0.6) is 5.75 Å². The Labute approximate surface area is 73.3 Å². The lowest BCUT2D eigenvalue weighted by atomic mass is 10.1. The van der Waals surface area contributed by atoms with Crippen molar-refractivity contribution in [3.8, 4) is 5.75 Å². The van der Waals surface area contributed by atoms with Crippen molar-refractivity contribution in [2.24, 2.45) is 0 Å². The van der Waals surface area contributed by atoms with E-state index in [1.54, 1.807) is 0 Å². The zero-order valence-corrected chi connectivity index (χ0v) is 7.55. The van der Waals surface area contributed by atoms with Crippen LogP contribution in [0.4, 0.5) is 0 Å². The molecular weight excluding hydrogens is 150 g/mol. The van der Waals surface area contributed by atoms with Gasteiger partial charge in [0.2, 0.25) is 0 Å². The maximum absolute atomic E-state index is 5.46. The maximum Gasteiger partial charge on any atom is 0.122 e. The molecule has 0 radical (unpaired) electrons. The molecule has 2 nitrogen and oxygen atoms in total. The number of benzene rings is 1. The van der Waals surface area contributed by atoms with Crippen molar-refractivity contribution in [2.75, 3.05) is 13.2 Å². The predicted octanol–water partition coefficient (Wildman–Crippen LogP) is 0.870. The summed E-state index contributed by atoms with van der Waals surface area (Å²) in [7, 11) is 0. The molecule has 66 valence electrons. The van der Waals surface area contributed by atoms with Gasteiger partial charge in [0.05, 0.1) is 13.2 Å². The van der Waals surface area contributed by atoms with Crippen LogP contribution in [0.2, 0.25) is 0 Å². The lowest BCUT2D eigenvalue weighted by Gasteiger charge is -2.07. The van der Waals surface area contributed by atoms with Gasteiger partial charge in [-0.3, -0.25) is 0 Å². The molecule has 0 spiro atoms. The van der Waals surface area contributed by atoms with Gasteiger partial charge in [0.15, 0.2) is 0 Å². The Morgan fingerprint density at radius 2 is 2.08 bits per heavy atom. The molecular formula is C10H16NO+. The highest BCUT2D eigenvalue weighted by Gasteiger charge is 2.00. The minimum absolute atomic E-state index is 0.730. The van der Waals surface area contributed by atoms with E-state index in [1.807, 2.05) is 25.1 Å². The van der Waals surface area contributed by atoms with E-state index in [0.717, 1.165) is 25.3 Å². The fourth-order valence-corrected chi connectivity index (χ4v) is 1.20. The third-order valence-corrected chi connectivity index (χ3v) is 1.72. The second-order valence-corrected chi connectivity index (χ2v) is 2.64. The normalized spacial score (nSPS) is 9.83. The summed E-state index contributed by atoms with van der Waals surface area (Å²) >= 11 is 0. The fourth-order valence-electron chi connectivity index (χ4n) is 1.20. The van der Waals surface area contributed by atoms with Crippen molar-refractivity contribution >= 4 is 0 Å². The van der Waals surface area contributed by atoms with Crippen LogP contribution in [0.1, 0.15) is 12.5 Å². The molecule has 0 aromatic heterocycles. The van der Waals surface area contributed by atoms with E-state index >= 15 is 0 Å². The molecule has 0 aliphatic heterocycles. The first kappa shape index (κ1) is 9.07. The van der Waals surface area contributed by atoms with E-state index in [-0.39, 0.29) is 0 Å². The van der Waals surface area contributed by atoms with E-state index in [9.17, 15) is 0 Å². The molecule has 0 saturated heterocycles. The van der Waals surface area contributed by atoms with Gasteiger partial charge in [-0.2, -0.15) is 0 Å². The fraction of sp³-hybridized carbons (Fsp3) is 0.400. The van der Waals surface area contributed by atoms with Crippen LogP contribution < -0.4 is 10.5 Å². The van der Waals surface area contributed by atoms with Crippen molar-refractivity contribution in [3.63, 3.8) is 0 Å². The van der Waals surface area contributed by atoms with Crippen LogP contribution in [0.3, 0.4) is 0 Å². The summed E-state index contributed by atoms with van der Waals surface area (Å²) in [6, 6.07) is 8.13. The molecule has 2 heteroatoms. The summed E-state index contributed by atoms with van der Waals surface area (Å²) in [5, 5.41) is 0. The van der Waals surface area contributed by atoms with Crippen LogP contribution in [-0.2, 0) is 6.42 Å². The number of hydrogen-bond donors (Lipinski definition) is 1. The highest BCUT2D eigenvalue weighted by atomic mass is 16.5. The van der Waals surface area contributed by atoms with Crippen molar-refractivity contribution < 1.29 is 10.5 Å². The Kier molecular flexibility index (Phi) is 3.61. The maximum atomic E-state index is 5.46. The molecule has 0 atom stereocenters. The quantitative estimate of drug-likeness (QED) is 0.708. The van der Waals surface area contributed by atoms with E-state index in [1.165, 1.54) is 5.56 Å². The van der Waals surface area contributed by atoms with Gasteiger partial charge in [-0.1, -0.05) is 18.2 Å². The Morgan fingerprint density at radius 1 is 1.33 bits per heavy atom. The Bertz CT molecular complexity index is 210. The van der Waals surface area contributed by atoms with Gasteiger partial charge < -0.3 is 10.5 Å². The number of rotatable bonds is 4. The molecule has 0 aliphatic carbocycles. The molecule has 1 aromatic carbocycles. The van der Waals surface area contributed by atoms with E-state index in [2.05, 4.69) is 11.8 Å². The molecule has 0 amide bonds. The third kappa shape index (κ3) is 2.24. The SMILES string of the molecule is CCOc1ccccc1CC[NH3+]. The van der Waals surface area contributed by atoms with Gasteiger partial charge in [-0.25, -0.2) is 0 Å². The monoisotopic (exact) mass is 166 g/mol.